The summed E-state index contributed by atoms with van der Waals surface area (Å²) >= 11 is 1.56. The number of amides is 1. The van der Waals surface area contributed by atoms with Gasteiger partial charge in [0, 0.05) is 24.3 Å². The zero-order valence-electron chi connectivity index (χ0n) is 10.1. The van der Waals surface area contributed by atoms with Gasteiger partial charge in [0.25, 0.3) is 11.5 Å². The molecule has 1 aliphatic rings. The number of hydrogen-bond acceptors (Lipinski definition) is 5. The lowest BCUT2D eigenvalue weighted by atomic mass is 10.2. The van der Waals surface area contributed by atoms with Crippen LogP contribution in [0.25, 0.3) is 0 Å². The molecule has 0 radical (unpaired) electrons. The molecular weight excluding hydrogens is 264 g/mol. The van der Waals surface area contributed by atoms with E-state index in [1.807, 2.05) is 5.38 Å². The zero-order valence-corrected chi connectivity index (χ0v) is 10.9. The van der Waals surface area contributed by atoms with E-state index in [9.17, 15) is 9.59 Å². The first-order valence-electron chi connectivity index (χ1n) is 6.01. The predicted molar refractivity (Wildman–Crippen MR) is 70.0 cm³/mol. The Morgan fingerprint density at radius 2 is 2.37 bits per heavy atom. The first-order valence-corrected chi connectivity index (χ1v) is 6.89. The minimum absolute atomic E-state index is 0.0289. The van der Waals surface area contributed by atoms with Gasteiger partial charge in [-0.3, -0.25) is 9.59 Å². The molecule has 2 aromatic heterocycles. The molecule has 1 amide bonds. The Kier molecular flexibility index (Phi) is 3.12. The number of rotatable bonds is 2. The van der Waals surface area contributed by atoms with Crippen LogP contribution in [0.1, 0.15) is 34.4 Å². The molecule has 0 spiro atoms. The van der Waals surface area contributed by atoms with Crippen LogP contribution in [0.4, 0.5) is 0 Å². The van der Waals surface area contributed by atoms with E-state index >= 15 is 0 Å². The van der Waals surface area contributed by atoms with Crippen LogP contribution in [-0.4, -0.2) is 32.3 Å². The van der Waals surface area contributed by atoms with E-state index in [4.69, 9.17) is 0 Å². The molecule has 19 heavy (non-hydrogen) atoms. The van der Waals surface area contributed by atoms with Crippen molar-refractivity contribution in [3.63, 3.8) is 0 Å². The third-order valence-corrected chi connectivity index (χ3v) is 4.02. The van der Waals surface area contributed by atoms with E-state index < -0.39 is 0 Å². The lowest BCUT2D eigenvalue weighted by Gasteiger charge is -2.22. The SMILES string of the molecule is O=C(c1c[nH]c(=O)cn1)N1CCC[C@@H]1c1nccs1. The van der Waals surface area contributed by atoms with Crippen molar-refractivity contribution < 1.29 is 4.79 Å². The molecule has 0 saturated carbocycles. The molecule has 1 fully saturated rings. The first kappa shape index (κ1) is 12.0. The lowest BCUT2D eigenvalue weighted by molar-refractivity contribution is 0.0729. The van der Waals surface area contributed by atoms with E-state index in [-0.39, 0.29) is 23.2 Å². The molecule has 3 heterocycles. The van der Waals surface area contributed by atoms with Gasteiger partial charge in [-0.1, -0.05) is 0 Å². The average molecular weight is 276 g/mol. The predicted octanol–water partition coefficient (Wildman–Crippen LogP) is 1.20. The molecule has 1 saturated heterocycles. The second-order valence-electron chi connectivity index (χ2n) is 4.32. The van der Waals surface area contributed by atoms with Gasteiger partial charge in [0.15, 0.2) is 0 Å². The summed E-state index contributed by atoms with van der Waals surface area (Å²) in [6, 6.07) is 0.0289. The maximum absolute atomic E-state index is 12.4. The van der Waals surface area contributed by atoms with Crippen LogP contribution in [-0.2, 0) is 0 Å². The number of aromatic amines is 1. The number of nitrogens with one attached hydrogen (secondary N) is 1. The Morgan fingerprint density at radius 1 is 1.47 bits per heavy atom. The molecule has 1 N–H and O–H groups in total. The number of carbonyl (C=O) groups is 1. The van der Waals surface area contributed by atoms with E-state index in [2.05, 4.69) is 15.0 Å². The van der Waals surface area contributed by atoms with Crippen molar-refractivity contribution >= 4 is 17.2 Å². The van der Waals surface area contributed by atoms with E-state index in [0.717, 1.165) is 24.0 Å². The van der Waals surface area contributed by atoms with Gasteiger partial charge in [-0.05, 0) is 12.8 Å². The number of nitrogens with zero attached hydrogens (tertiary/aromatic N) is 3. The molecule has 2 aromatic rings. The number of thiazole rings is 1. The van der Waals surface area contributed by atoms with Gasteiger partial charge in [-0.15, -0.1) is 11.3 Å². The van der Waals surface area contributed by atoms with Gasteiger partial charge in [-0.2, -0.15) is 0 Å². The average Bonchev–Trinajstić information content (AvgIpc) is 3.09. The van der Waals surface area contributed by atoms with Crippen LogP contribution in [0.3, 0.4) is 0 Å². The fourth-order valence-electron chi connectivity index (χ4n) is 2.27. The van der Waals surface area contributed by atoms with Crippen molar-refractivity contribution in [3.8, 4) is 0 Å². The lowest BCUT2D eigenvalue weighted by Crippen LogP contribution is -2.31. The molecular formula is C12H12N4O2S. The van der Waals surface area contributed by atoms with Crippen LogP contribution in [0.5, 0.6) is 0 Å². The largest absolute Gasteiger partial charge is 0.328 e. The highest BCUT2D eigenvalue weighted by Gasteiger charge is 2.32. The fraction of sp³-hybridized carbons (Fsp3) is 0.333. The molecule has 0 aromatic carbocycles. The molecule has 0 unspecified atom stereocenters. The molecule has 98 valence electrons. The van der Waals surface area contributed by atoms with Crippen molar-refractivity contribution in [2.45, 2.75) is 18.9 Å². The van der Waals surface area contributed by atoms with Crippen molar-refractivity contribution in [1.82, 2.24) is 19.9 Å². The third kappa shape index (κ3) is 2.28. The van der Waals surface area contributed by atoms with Gasteiger partial charge in [0.05, 0.1) is 12.2 Å². The summed E-state index contributed by atoms with van der Waals surface area (Å²) in [5.41, 5.74) is -0.0440. The number of H-pyrrole nitrogens is 1. The first-order chi connectivity index (χ1) is 9.25. The Hall–Kier alpha value is -2.02. The van der Waals surface area contributed by atoms with Gasteiger partial charge < -0.3 is 9.88 Å². The maximum atomic E-state index is 12.4. The Labute approximate surface area is 113 Å². The van der Waals surface area contributed by atoms with Crippen LogP contribution >= 0.6 is 11.3 Å². The van der Waals surface area contributed by atoms with Crippen LogP contribution in [0.15, 0.2) is 28.8 Å². The van der Waals surface area contributed by atoms with Crippen molar-refractivity contribution in [2.75, 3.05) is 6.54 Å². The van der Waals surface area contributed by atoms with Crippen LogP contribution < -0.4 is 5.56 Å². The maximum Gasteiger partial charge on any atom is 0.274 e. The molecule has 1 atom stereocenters. The summed E-state index contributed by atoms with van der Waals surface area (Å²) in [4.78, 5) is 35.8. The molecule has 3 rings (SSSR count). The zero-order chi connectivity index (χ0) is 13.2. The number of carbonyl (C=O) groups excluding carboxylic acids is 1. The Morgan fingerprint density at radius 3 is 3.05 bits per heavy atom. The van der Waals surface area contributed by atoms with Gasteiger partial charge in [0.1, 0.15) is 10.7 Å². The number of hydrogen-bond donors (Lipinski definition) is 1. The molecule has 0 bridgehead atoms. The summed E-state index contributed by atoms with van der Waals surface area (Å²) in [5, 5.41) is 2.87. The van der Waals surface area contributed by atoms with Crippen LogP contribution in [0.2, 0.25) is 0 Å². The number of aromatic nitrogens is 3. The minimum atomic E-state index is -0.311. The highest BCUT2D eigenvalue weighted by atomic mass is 32.1. The number of likely N-dealkylation sites (tertiary alicyclic amines) is 1. The van der Waals surface area contributed by atoms with Gasteiger partial charge in [0.2, 0.25) is 0 Å². The van der Waals surface area contributed by atoms with Crippen molar-refractivity contribution in [2.24, 2.45) is 0 Å². The summed E-state index contributed by atoms with van der Waals surface area (Å²) in [6.45, 7) is 0.698. The van der Waals surface area contributed by atoms with E-state index in [1.54, 1.807) is 22.4 Å². The monoisotopic (exact) mass is 276 g/mol. The summed E-state index contributed by atoms with van der Waals surface area (Å²) in [7, 11) is 0. The molecule has 0 aliphatic carbocycles. The quantitative estimate of drug-likeness (QED) is 0.894. The summed E-state index contributed by atoms with van der Waals surface area (Å²) < 4.78 is 0. The van der Waals surface area contributed by atoms with Gasteiger partial charge in [-0.25, -0.2) is 9.97 Å². The minimum Gasteiger partial charge on any atom is -0.328 e. The standard InChI is InChI=1S/C12H12N4O2S/c17-10-7-14-8(6-15-10)12(18)16-4-1-2-9(16)11-13-3-5-19-11/h3,5-7,9H,1-2,4H2,(H,15,17)/t9-/m1/s1. The highest BCUT2D eigenvalue weighted by molar-refractivity contribution is 7.09. The van der Waals surface area contributed by atoms with Crippen LogP contribution in [0, 0.1) is 0 Å². The second-order valence-corrected chi connectivity index (χ2v) is 5.25. The van der Waals surface area contributed by atoms with E-state index in [0.29, 0.717) is 6.54 Å². The summed E-state index contributed by atoms with van der Waals surface area (Å²) in [5.74, 6) is -0.158. The van der Waals surface area contributed by atoms with Crippen molar-refractivity contribution in [1.29, 1.82) is 0 Å². The Balaban J connectivity index is 1.86. The Bertz CT molecular complexity index is 617. The third-order valence-electron chi connectivity index (χ3n) is 3.14. The molecule has 1 aliphatic heterocycles. The smallest absolute Gasteiger partial charge is 0.274 e. The molecule has 6 nitrogen and oxygen atoms in total. The highest BCUT2D eigenvalue weighted by Crippen LogP contribution is 2.33. The van der Waals surface area contributed by atoms with E-state index in [1.165, 1.54) is 6.20 Å². The second kappa shape index (κ2) is 4.93. The summed E-state index contributed by atoms with van der Waals surface area (Å²) in [6.07, 6.45) is 6.12. The molecule has 7 heteroatoms. The fourth-order valence-corrected chi connectivity index (χ4v) is 3.06. The van der Waals surface area contributed by atoms with Gasteiger partial charge >= 0.3 is 0 Å². The topological polar surface area (TPSA) is 79.0 Å². The normalized spacial score (nSPS) is 18.7. The van der Waals surface area contributed by atoms with Crippen molar-refractivity contribution in [3.05, 3.63) is 45.0 Å².